The van der Waals surface area contributed by atoms with Crippen molar-refractivity contribution >= 4 is 22.9 Å². The van der Waals surface area contributed by atoms with E-state index in [0.29, 0.717) is 18.0 Å². The first kappa shape index (κ1) is 14.3. The summed E-state index contributed by atoms with van der Waals surface area (Å²) in [6.45, 7) is 6.87. The van der Waals surface area contributed by atoms with Gasteiger partial charge < -0.3 is 4.90 Å². The summed E-state index contributed by atoms with van der Waals surface area (Å²) >= 11 is 7.55. The fourth-order valence-corrected chi connectivity index (χ4v) is 3.84. The molecular weight excluding hydrogens is 266 g/mol. The molecule has 0 amide bonds. The number of likely N-dealkylation sites (N-methyl/N-ethyl adjacent to an activating group) is 1. The van der Waals surface area contributed by atoms with Crippen molar-refractivity contribution in [2.75, 3.05) is 27.2 Å². The SMILES string of the molecule is CC1CN(C(C)c2nc(CCl)cs2)CC1N(C)C. The fraction of sp³-hybridized carbons (Fsp3) is 0.769. The Bertz CT molecular complexity index is 393. The number of nitrogens with zero attached hydrogens (tertiary/aromatic N) is 3. The van der Waals surface area contributed by atoms with Crippen molar-refractivity contribution in [3.05, 3.63) is 16.1 Å². The lowest BCUT2D eigenvalue weighted by atomic mass is 10.1. The second kappa shape index (κ2) is 5.87. The Labute approximate surface area is 119 Å². The van der Waals surface area contributed by atoms with E-state index in [1.54, 1.807) is 11.3 Å². The average molecular weight is 288 g/mol. The van der Waals surface area contributed by atoms with Crippen molar-refractivity contribution in [3.8, 4) is 0 Å². The molecule has 1 aromatic heterocycles. The monoisotopic (exact) mass is 287 g/mol. The van der Waals surface area contributed by atoms with Crippen LogP contribution in [0.1, 0.15) is 30.6 Å². The molecule has 3 atom stereocenters. The molecule has 5 heteroatoms. The van der Waals surface area contributed by atoms with Crippen LogP contribution in [0.2, 0.25) is 0 Å². The molecular formula is C13H22ClN3S. The molecule has 0 spiro atoms. The van der Waals surface area contributed by atoms with Crippen molar-refractivity contribution in [2.45, 2.75) is 31.8 Å². The third kappa shape index (κ3) is 2.87. The van der Waals surface area contributed by atoms with Gasteiger partial charge >= 0.3 is 0 Å². The lowest BCUT2D eigenvalue weighted by Crippen LogP contribution is -2.34. The van der Waals surface area contributed by atoms with Crippen molar-refractivity contribution in [2.24, 2.45) is 5.92 Å². The zero-order valence-electron chi connectivity index (χ0n) is 11.6. The van der Waals surface area contributed by atoms with Gasteiger partial charge in [-0.05, 0) is 26.9 Å². The molecule has 2 heterocycles. The van der Waals surface area contributed by atoms with Crippen LogP contribution in [0.25, 0.3) is 0 Å². The summed E-state index contributed by atoms with van der Waals surface area (Å²) in [5.41, 5.74) is 1.000. The quantitative estimate of drug-likeness (QED) is 0.794. The Morgan fingerprint density at radius 3 is 2.78 bits per heavy atom. The van der Waals surface area contributed by atoms with E-state index in [0.717, 1.165) is 24.7 Å². The smallest absolute Gasteiger partial charge is 0.110 e. The lowest BCUT2D eigenvalue weighted by molar-refractivity contribution is 0.226. The molecule has 18 heavy (non-hydrogen) atoms. The maximum atomic E-state index is 5.82. The Morgan fingerprint density at radius 1 is 1.56 bits per heavy atom. The van der Waals surface area contributed by atoms with E-state index in [4.69, 9.17) is 11.6 Å². The van der Waals surface area contributed by atoms with Crippen LogP contribution < -0.4 is 0 Å². The van der Waals surface area contributed by atoms with Gasteiger partial charge in [0.25, 0.3) is 0 Å². The highest BCUT2D eigenvalue weighted by Crippen LogP contribution is 2.30. The van der Waals surface area contributed by atoms with Gasteiger partial charge in [-0.1, -0.05) is 6.92 Å². The molecule has 0 bridgehead atoms. The molecule has 1 fully saturated rings. The van der Waals surface area contributed by atoms with E-state index in [-0.39, 0.29) is 0 Å². The number of rotatable bonds is 4. The number of aromatic nitrogens is 1. The van der Waals surface area contributed by atoms with Gasteiger partial charge in [-0.25, -0.2) is 4.98 Å². The average Bonchev–Trinajstić information content (AvgIpc) is 2.94. The fourth-order valence-electron chi connectivity index (χ4n) is 2.71. The van der Waals surface area contributed by atoms with Crippen LogP contribution in [-0.2, 0) is 5.88 Å². The van der Waals surface area contributed by atoms with Gasteiger partial charge in [0.05, 0.1) is 17.6 Å². The van der Waals surface area contributed by atoms with Crippen molar-refractivity contribution in [1.82, 2.24) is 14.8 Å². The molecule has 1 saturated heterocycles. The van der Waals surface area contributed by atoms with E-state index in [1.165, 1.54) is 5.01 Å². The molecule has 0 aliphatic carbocycles. The molecule has 0 N–H and O–H groups in total. The summed E-state index contributed by atoms with van der Waals surface area (Å²) in [6.07, 6.45) is 0. The molecule has 1 aliphatic heterocycles. The molecule has 0 aromatic carbocycles. The van der Waals surface area contributed by atoms with Crippen LogP contribution >= 0.6 is 22.9 Å². The van der Waals surface area contributed by atoms with Crippen LogP contribution in [0.4, 0.5) is 0 Å². The van der Waals surface area contributed by atoms with E-state index in [1.807, 2.05) is 0 Å². The number of hydrogen-bond donors (Lipinski definition) is 0. The zero-order valence-corrected chi connectivity index (χ0v) is 13.1. The summed E-state index contributed by atoms with van der Waals surface area (Å²) in [5, 5.41) is 3.26. The maximum absolute atomic E-state index is 5.82. The van der Waals surface area contributed by atoms with Crippen LogP contribution in [-0.4, -0.2) is 48.0 Å². The van der Waals surface area contributed by atoms with Crippen molar-refractivity contribution in [3.63, 3.8) is 0 Å². The predicted molar refractivity (Wildman–Crippen MR) is 78.3 cm³/mol. The molecule has 2 rings (SSSR count). The predicted octanol–water partition coefficient (Wildman–Crippen LogP) is 2.82. The summed E-state index contributed by atoms with van der Waals surface area (Å²) in [4.78, 5) is 9.47. The summed E-state index contributed by atoms with van der Waals surface area (Å²) < 4.78 is 0. The van der Waals surface area contributed by atoms with Gasteiger partial charge in [0.2, 0.25) is 0 Å². The standard InChI is InChI=1S/C13H22ClN3S/c1-9-6-17(7-12(9)16(3)4)10(2)13-15-11(5-14)8-18-13/h8-10,12H,5-7H2,1-4H3. The Balaban J connectivity index is 2.04. The van der Waals surface area contributed by atoms with Crippen LogP contribution in [0.5, 0.6) is 0 Å². The summed E-state index contributed by atoms with van der Waals surface area (Å²) in [7, 11) is 4.34. The maximum Gasteiger partial charge on any atom is 0.110 e. The highest BCUT2D eigenvalue weighted by atomic mass is 35.5. The minimum Gasteiger partial charge on any atom is -0.305 e. The molecule has 1 aromatic rings. The largest absolute Gasteiger partial charge is 0.305 e. The van der Waals surface area contributed by atoms with Gasteiger partial charge in [0, 0.05) is 24.5 Å². The Kier molecular flexibility index (Phi) is 4.64. The van der Waals surface area contributed by atoms with Gasteiger partial charge in [-0.15, -0.1) is 22.9 Å². The van der Waals surface area contributed by atoms with Crippen molar-refractivity contribution < 1.29 is 0 Å². The number of thiazole rings is 1. The molecule has 1 aliphatic rings. The second-order valence-corrected chi connectivity index (χ2v) is 6.61. The Hall–Kier alpha value is -0.160. The third-order valence-corrected chi connectivity index (χ3v) is 5.21. The van der Waals surface area contributed by atoms with Crippen LogP contribution in [0, 0.1) is 5.92 Å². The van der Waals surface area contributed by atoms with Crippen LogP contribution in [0.3, 0.4) is 0 Å². The molecule has 0 saturated carbocycles. The number of likely N-dealkylation sites (tertiary alicyclic amines) is 1. The van der Waals surface area contributed by atoms with E-state index < -0.39 is 0 Å². The van der Waals surface area contributed by atoms with Gasteiger partial charge in [0.1, 0.15) is 5.01 Å². The zero-order chi connectivity index (χ0) is 13.3. The van der Waals surface area contributed by atoms with E-state index in [9.17, 15) is 0 Å². The number of hydrogen-bond acceptors (Lipinski definition) is 4. The second-order valence-electron chi connectivity index (χ2n) is 5.45. The molecule has 102 valence electrons. The lowest BCUT2D eigenvalue weighted by Gasteiger charge is -2.24. The molecule has 3 unspecified atom stereocenters. The van der Waals surface area contributed by atoms with Gasteiger partial charge in [-0.3, -0.25) is 4.90 Å². The Morgan fingerprint density at radius 2 is 2.28 bits per heavy atom. The minimum absolute atomic E-state index is 0.402. The van der Waals surface area contributed by atoms with E-state index in [2.05, 4.69) is 48.1 Å². The highest BCUT2D eigenvalue weighted by molar-refractivity contribution is 7.09. The van der Waals surface area contributed by atoms with E-state index >= 15 is 0 Å². The molecule has 3 nitrogen and oxygen atoms in total. The topological polar surface area (TPSA) is 19.4 Å². The number of alkyl halides is 1. The summed E-state index contributed by atoms with van der Waals surface area (Å²) in [5.74, 6) is 1.23. The summed E-state index contributed by atoms with van der Waals surface area (Å²) in [6, 6.07) is 1.05. The first-order valence-electron chi connectivity index (χ1n) is 6.43. The molecule has 0 radical (unpaired) electrons. The highest BCUT2D eigenvalue weighted by Gasteiger charge is 2.34. The number of halogens is 1. The van der Waals surface area contributed by atoms with Crippen molar-refractivity contribution in [1.29, 1.82) is 0 Å². The normalized spacial score (nSPS) is 27.0. The first-order valence-corrected chi connectivity index (χ1v) is 7.85. The first-order chi connectivity index (χ1) is 8.52. The van der Waals surface area contributed by atoms with Crippen LogP contribution in [0.15, 0.2) is 5.38 Å². The van der Waals surface area contributed by atoms with Gasteiger partial charge in [0.15, 0.2) is 0 Å². The minimum atomic E-state index is 0.402. The van der Waals surface area contributed by atoms with Gasteiger partial charge in [-0.2, -0.15) is 0 Å². The third-order valence-electron chi connectivity index (χ3n) is 3.88.